The third-order valence-electron chi connectivity index (χ3n) is 11.2. The van der Waals surface area contributed by atoms with Crippen LogP contribution >= 0.6 is 11.3 Å². The van der Waals surface area contributed by atoms with Crippen LogP contribution in [0.4, 0.5) is 0 Å². The van der Waals surface area contributed by atoms with Gasteiger partial charge in [0.25, 0.3) is 0 Å². The van der Waals surface area contributed by atoms with Gasteiger partial charge in [0.2, 0.25) is 0 Å². The van der Waals surface area contributed by atoms with Crippen molar-refractivity contribution in [2.45, 2.75) is 48.5 Å². The average molecular weight is 756 g/mol. The van der Waals surface area contributed by atoms with Crippen molar-refractivity contribution >= 4 is 58.8 Å². The second kappa shape index (κ2) is 14.3. The van der Waals surface area contributed by atoms with E-state index in [0.29, 0.717) is 0 Å². The molecule has 10 aromatic rings. The highest BCUT2D eigenvalue weighted by Crippen LogP contribution is 2.45. The van der Waals surface area contributed by atoms with Gasteiger partial charge < -0.3 is 0 Å². The summed E-state index contributed by atoms with van der Waals surface area (Å²) in [5.41, 5.74) is 18.5. The minimum Gasteiger partial charge on any atom is -0.274 e. The topological polar surface area (TPSA) is 30.2 Å². The Morgan fingerprint density at radius 3 is 1.68 bits per heavy atom. The molecule has 0 N–H and O–H groups in total. The Labute approximate surface area is 338 Å². The van der Waals surface area contributed by atoms with Crippen molar-refractivity contribution in [1.29, 1.82) is 0 Å². The minimum atomic E-state index is 0.847. The van der Waals surface area contributed by atoms with E-state index in [0.717, 1.165) is 27.9 Å². The third-order valence-corrected chi connectivity index (χ3v) is 12.4. The highest BCUT2D eigenvalue weighted by Gasteiger charge is 2.19. The first kappa shape index (κ1) is 36.3. The van der Waals surface area contributed by atoms with Crippen molar-refractivity contribution in [3.05, 3.63) is 173 Å². The fourth-order valence-electron chi connectivity index (χ4n) is 9.15. The second-order valence-electron chi connectivity index (χ2n) is 15.5. The number of rotatable bonds is 4. The van der Waals surface area contributed by atoms with E-state index in [1.807, 2.05) is 18.3 Å². The number of aryl methyl sites for hydroxylation is 6. The summed E-state index contributed by atoms with van der Waals surface area (Å²) >= 11 is 1.89. The SMILES string of the molecule is C=CC.Cc1cc(C)c(-c2ccc3sc4c(-c5ccc(-c6nnc7c8ccccc8c8ccccc8n67)cc5)cc(-c5c(C)cc(C)cc5C)cc4c3c2)c(C)c1. The fourth-order valence-corrected chi connectivity index (χ4v) is 10.3. The van der Waals surface area contributed by atoms with E-state index in [4.69, 9.17) is 10.2 Å². The summed E-state index contributed by atoms with van der Waals surface area (Å²) < 4.78 is 4.83. The first-order valence-electron chi connectivity index (χ1n) is 19.6. The first-order valence-corrected chi connectivity index (χ1v) is 20.5. The van der Waals surface area contributed by atoms with Crippen molar-refractivity contribution in [3.63, 3.8) is 0 Å². The van der Waals surface area contributed by atoms with Gasteiger partial charge in [0.05, 0.1) is 5.52 Å². The standard InChI is InChI=1S/C50H39N3S.C3H6/c1-28-21-30(3)46(31(4)22-28)36-19-20-45-42(25-36)43-27-37(47-32(5)23-29(2)24-33(47)6)26-41(48(43)54-45)34-15-17-35(18-16-34)49-51-52-50-40-13-8-7-11-38(40)39-12-9-10-14-44(39)53(49)50;1-3-2/h7-27H,1-6H3;3H,1H2,2H3. The van der Waals surface area contributed by atoms with Gasteiger partial charge in [-0.15, -0.1) is 28.1 Å². The molecule has 0 spiro atoms. The molecule has 4 heteroatoms. The molecule has 0 saturated carbocycles. The van der Waals surface area contributed by atoms with E-state index in [2.05, 4.69) is 180 Å². The summed E-state index contributed by atoms with van der Waals surface area (Å²) in [5, 5.41) is 15.6. The van der Waals surface area contributed by atoms with E-state index >= 15 is 0 Å². The van der Waals surface area contributed by atoms with Crippen LogP contribution in [-0.2, 0) is 0 Å². The van der Waals surface area contributed by atoms with Gasteiger partial charge in [0.1, 0.15) is 0 Å². The zero-order chi connectivity index (χ0) is 39.5. The number of thiophene rings is 1. The maximum absolute atomic E-state index is 4.79. The van der Waals surface area contributed by atoms with Crippen molar-refractivity contribution < 1.29 is 0 Å². The molecular formula is C53H45N3S. The van der Waals surface area contributed by atoms with E-state index in [9.17, 15) is 0 Å². The van der Waals surface area contributed by atoms with Gasteiger partial charge in [0.15, 0.2) is 11.5 Å². The Balaban J connectivity index is 0.00000137. The zero-order valence-electron chi connectivity index (χ0n) is 33.7. The highest BCUT2D eigenvalue weighted by atomic mass is 32.1. The predicted octanol–water partition coefficient (Wildman–Crippen LogP) is 15.1. The number of hydrogen-bond donors (Lipinski definition) is 0. The Bertz CT molecular complexity index is 3170. The molecule has 3 heterocycles. The lowest BCUT2D eigenvalue weighted by Gasteiger charge is -2.15. The molecule has 3 nitrogen and oxygen atoms in total. The van der Waals surface area contributed by atoms with Gasteiger partial charge >= 0.3 is 0 Å². The summed E-state index contributed by atoms with van der Waals surface area (Å²) in [4.78, 5) is 0. The van der Waals surface area contributed by atoms with Gasteiger partial charge in [-0.25, -0.2) is 0 Å². The Hall–Kier alpha value is -6.36. The van der Waals surface area contributed by atoms with Gasteiger partial charge in [-0.2, -0.15) is 0 Å². The molecule has 0 unspecified atom stereocenters. The molecule has 278 valence electrons. The summed E-state index contributed by atoms with van der Waals surface area (Å²) in [6.45, 7) is 18.6. The molecule has 0 fully saturated rings. The lowest BCUT2D eigenvalue weighted by molar-refractivity contribution is 1.12. The van der Waals surface area contributed by atoms with E-state index in [-0.39, 0.29) is 0 Å². The molecule has 57 heavy (non-hydrogen) atoms. The largest absolute Gasteiger partial charge is 0.274 e. The van der Waals surface area contributed by atoms with Crippen molar-refractivity contribution in [1.82, 2.24) is 14.6 Å². The normalized spacial score (nSPS) is 11.5. The first-order chi connectivity index (χ1) is 27.6. The third kappa shape index (κ3) is 6.12. The lowest BCUT2D eigenvalue weighted by Crippen LogP contribution is -1.94. The Morgan fingerprint density at radius 1 is 0.509 bits per heavy atom. The predicted molar refractivity (Wildman–Crippen MR) is 247 cm³/mol. The van der Waals surface area contributed by atoms with Crippen LogP contribution in [0.1, 0.15) is 40.3 Å². The number of benzene rings is 7. The van der Waals surface area contributed by atoms with E-state index in [1.165, 1.54) is 97.7 Å². The Kier molecular flexibility index (Phi) is 9.10. The minimum absolute atomic E-state index is 0.847. The monoisotopic (exact) mass is 755 g/mol. The quantitative estimate of drug-likeness (QED) is 0.132. The molecule has 0 amide bonds. The van der Waals surface area contributed by atoms with Crippen molar-refractivity contribution in [2.24, 2.45) is 0 Å². The molecule has 7 aromatic carbocycles. The van der Waals surface area contributed by atoms with Crippen LogP contribution in [-0.4, -0.2) is 14.6 Å². The van der Waals surface area contributed by atoms with Crippen LogP contribution in [0, 0.1) is 41.5 Å². The molecule has 10 rings (SSSR count). The number of fused-ring (bicyclic) bond motifs is 9. The molecule has 0 radical (unpaired) electrons. The number of aromatic nitrogens is 3. The maximum Gasteiger partial charge on any atom is 0.169 e. The summed E-state index contributed by atoms with van der Waals surface area (Å²) in [5.74, 6) is 0.847. The van der Waals surface area contributed by atoms with Crippen LogP contribution < -0.4 is 0 Å². The maximum atomic E-state index is 4.79. The zero-order valence-corrected chi connectivity index (χ0v) is 34.5. The second-order valence-corrected chi connectivity index (χ2v) is 16.5. The highest BCUT2D eigenvalue weighted by molar-refractivity contribution is 7.26. The van der Waals surface area contributed by atoms with Crippen LogP contribution in [0.5, 0.6) is 0 Å². The average Bonchev–Trinajstić information content (AvgIpc) is 3.80. The molecule has 0 aliphatic rings. The number of para-hydroxylation sites is 1. The molecule has 3 aromatic heterocycles. The van der Waals surface area contributed by atoms with Crippen LogP contribution in [0.25, 0.3) is 92.3 Å². The Morgan fingerprint density at radius 2 is 1.04 bits per heavy atom. The van der Waals surface area contributed by atoms with Crippen LogP contribution in [0.15, 0.2) is 140 Å². The van der Waals surface area contributed by atoms with Gasteiger partial charge in [-0.1, -0.05) is 114 Å². The van der Waals surface area contributed by atoms with Gasteiger partial charge in [0, 0.05) is 42.1 Å². The molecular weight excluding hydrogens is 711 g/mol. The van der Waals surface area contributed by atoms with Crippen molar-refractivity contribution in [2.75, 3.05) is 0 Å². The number of hydrogen-bond acceptors (Lipinski definition) is 3. The molecule has 0 atom stereocenters. The molecule has 0 saturated heterocycles. The number of nitrogens with zero attached hydrogens (tertiary/aromatic N) is 3. The number of pyridine rings is 1. The molecule has 0 bridgehead atoms. The van der Waals surface area contributed by atoms with Crippen molar-refractivity contribution in [3.8, 4) is 44.8 Å². The number of allylic oxidation sites excluding steroid dienone is 1. The van der Waals surface area contributed by atoms with E-state index < -0.39 is 0 Å². The lowest BCUT2D eigenvalue weighted by atomic mass is 9.89. The van der Waals surface area contributed by atoms with E-state index in [1.54, 1.807) is 6.08 Å². The summed E-state index contributed by atoms with van der Waals surface area (Å²) in [7, 11) is 0. The summed E-state index contributed by atoms with van der Waals surface area (Å²) in [6.07, 6.45) is 1.75. The van der Waals surface area contributed by atoms with Crippen LogP contribution in [0.2, 0.25) is 0 Å². The fraction of sp³-hybridized carbons (Fsp3) is 0.132. The summed E-state index contributed by atoms with van der Waals surface area (Å²) in [6, 6.07) is 47.1. The molecule has 0 aliphatic carbocycles. The van der Waals surface area contributed by atoms with Gasteiger partial charge in [-0.3, -0.25) is 4.40 Å². The smallest absolute Gasteiger partial charge is 0.169 e. The van der Waals surface area contributed by atoms with Crippen LogP contribution in [0.3, 0.4) is 0 Å². The molecule has 0 aliphatic heterocycles. The van der Waals surface area contributed by atoms with Gasteiger partial charge in [-0.05, 0) is 134 Å².